The van der Waals surface area contributed by atoms with Gasteiger partial charge >= 0.3 is 7.12 Å². The summed E-state index contributed by atoms with van der Waals surface area (Å²) in [6, 6.07) is 5.74. The van der Waals surface area contributed by atoms with E-state index in [1.54, 1.807) is 10.9 Å². The predicted molar refractivity (Wildman–Crippen MR) is 103 cm³/mol. The van der Waals surface area contributed by atoms with Gasteiger partial charge in [0, 0.05) is 31.7 Å². The molecule has 4 rings (SSSR count). The van der Waals surface area contributed by atoms with Crippen molar-refractivity contribution in [3.63, 3.8) is 0 Å². The molecule has 1 aromatic carbocycles. The second-order valence-electron chi connectivity index (χ2n) is 6.62. The molecule has 0 aliphatic carbocycles. The van der Waals surface area contributed by atoms with Gasteiger partial charge in [0.25, 0.3) is 5.91 Å². The van der Waals surface area contributed by atoms with E-state index in [4.69, 9.17) is 20.4 Å². The number of amides is 1. The molecule has 1 saturated heterocycles. The predicted octanol–water partition coefficient (Wildman–Crippen LogP) is 0.477. The lowest BCUT2D eigenvalue weighted by molar-refractivity contribution is 0.0550. The third-order valence-electron chi connectivity index (χ3n) is 4.83. The van der Waals surface area contributed by atoms with Crippen LogP contribution in [0.25, 0.3) is 0 Å². The maximum atomic E-state index is 11.8. The first-order valence-corrected chi connectivity index (χ1v) is 9.04. The summed E-state index contributed by atoms with van der Waals surface area (Å²) < 4.78 is 12.5. The highest BCUT2D eigenvalue weighted by Crippen LogP contribution is 2.25. The summed E-state index contributed by atoms with van der Waals surface area (Å²) in [5.41, 5.74) is 8.33. The van der Waals surface area contributed by atoms with E-state index in [1.807, 2.05) is 18.2 Å². The number of ether oxygens (including phenoxy) is 1. The molecule has 1 fully saturated rings. The largest absolute Gasteiger partial charge is 0.491 e. The summed E-state index contributed by atoms with van der Waals surface area (Å²) in [6.07, 6.45) is 4.33. The normalized spacial score (nSPS) is 18.5. The van der Waals surface area contributed by atoms with Crippen LogP contribution in [0.4, 0.5) is 11.5 Å². The molecule has 1 amide bonds. The molecule has 1 aromatic heterocycles. The Morgan fingerprint density at radius 1 is 1.43 bits per heavy atom. The summed E-state index contributed by atoms with van der Waals surface area (Å²) in [7, 11) is -0.937. The number of carbonyl (C=O) groups excluding carboxylic acids is 1. The van der Waals surface area contributed by atoms with Crippen LogP contribution in [0.2, 0.25) is 0 Å². The number of fused-ring (bicyclic) bond motifs is 1. The van der Waals surface area contributed by atoms with Gasteiger partial charge in [0.2, 0.25) is 0 Å². The topological polar surface area (TPSA) is 135 Å². The molecule has 2 aliphatic rings. The Hall–Kier alpha value is -2.87. The molecule has 0 radical (unpaired) electrons. The summed E-state index contributed by atoms with van der Waals surface area (Å²) in [5, 5.41) is 24.2. The molecule has 2 aliphatic heterocycles. The molecule has 2 aromatic rings. The van der Waals surface area contributed by atoms with Crippen LogP contribution < -0.4 is 16.5 Å². The third-order valence-corrected chi connectivity index (χ3v) is 4.83. The van der Waals surface area contributed by atoms with E-state index < -0.39 is 13.0 Å². The van der Waals surface area contributed by atoms with Crippen molar-refractivity contribution in [1.29, 1.82) is 5.26 Å². The van der Waals surface area contributed by atoms with Crippen LogP contribution in [0.3, 0.4) is 0 Å². The number of hydrogen-bond acceptors (Lipinski definition) is 7. The number of rotatable bonds is 4. The van der Waals surface area contributed by atoms with E-state index >= 15 is 0 Å². The Labute approximate surface area is 163 Å². The molecule has 0 saturated carbocycles. The summed E-state index contributed by atoms with van der Waals surface area (Å²) in [4.78, 5) is 11.8. The van der Waals surface area contributed by atoms with Gasteiger partial charge in [-0.1, -0.05) is 6.07 Å². The highest BCUT2D eigenvalue weighted by atomic mass is 16.5. The Kier molecular flexibility index (Phi) is 6.31. The first-order chi connectivity index (χ1) is 13.6. The SMILES string of the molecule is C#N.NC(=O)c1cn(C2CCCOC2)nc1Nc1ccc2c(c1)B(O)OCC2. The quantitative estimate of drug-likeness (QED) is 0.654. The van der Waals surface area contributed by atoms with Gasteiger partial charge in [-0.25, -0.2) is 5.26 Å². The number of carbonyl (C=O) groups is 1. The number of nitriles is 1. The van der Waals surface area contributed by atoms with Gasteiger partial charge in [0.15, 0.2) is 5.82 Å². The fraction of sp³-hybridized carbons (Fsp3) is 0.389. The molecule has 1 atom stereocenters. The lowest BCUT2D eigenvalue weighted by atomic mass is 9.73. The maximum absolute atomic E-state index is 11.8. The Bertz CT molecular complexity index is 863. The molecule has 146 valence electrons. The van der Waals surface area contributed by atoms with Crippen LogP contribution in [-0.2, 0) is 15.8 Å². The van der Waals surface area contributed by atoms with Crippen LogP contribution in [0, 0.1) is 11.8 Å². The third kappa shape index (κ3) is 4.17. The van der Waals surface area contributed by atoms with Crippen LogP contribution in [0.15, 0.2) is 24.4 Å². The Morgan fingerprint density at radius 3 is 2.96 bits per heavy atom. The number of hydrogen-bond donors (Lipinski definition) is 3. The molecular formula is C18H22BN5O4. The van der Waals surface area contributed by atoms with E-state index in [0.29, 0.717) is 30.3 Å². The van der Waals surface area contributed by atoms with Gasteiger partial charge in [-0.2, -0.15) is 5.10 Å². The van der Waals surface area contributed by atoms with Crippen molar-refractivity contribution in [2.45, 2.75) is 25.3 Å². The zero-order valence-electron chi connectivity index (χ0n) is 15.4. The number of anilines is 2. The van der Waals surface area contributed by atoms with Gasteiger partial charge in [0.05, 0.1) is 12.6 Å². The van der Waals surface area contributed by atoms with E-state index in [0.717, 1.165) is 36.9 Å². The van der Waals surface area contributed by atoms with Crippen molar-refractivity contribution in [2.24, 2.45) is 5.73 Å². The van der Waals surface area contributed by atoms with Crippen LogP contribution in [-0.4, -0.2) is 47.7 Å². The summed E-state index contributed by atoms with van der Waals surface area (Å²) in [6.45, 7) is 5.33. The summed E-state index contributed by atoms with van der Waals surface area (Å²) >= 11 is 0. The molecule has 0 spiro atoms. The Balaban J connectivity index is 0.00000109. The smallest absolute Gasteiger partial charge is 0.423 e. The standard InChI is InChI=1S/C17H21BN4O4.CHN/c19-16(23)14-9-22(13-2-1-6-25-10-13)21-17(14)20-12-4-3-11-5-7-26-18(24)15(11)8-12;1-2/h3-4,8-9,13,24H,1-2,5-7,10H2,(H2,19,23)(H,20,21);1H. The van der Waals surface area contributed by atoms with E-state index in [9.17, 15) is 9.82 Å². The minimum absolute atomic E-state index is 0.0937. The molecule has 28 heavy (non-hydrogen) atoms. The van der Waals surface area contributed by atoms with Crippen molar-refractivity contribution in [2.75, 3.05) is 25.1 Å². The van der Waals surface area contributed by atoms with Gasteiger partial charge in [-0.05, 0) is 42.4 Å². The lowest BCUT2D eigenvalue weighted by Gasteiger charge is -2.22. The fourth-order valence-corrected chi connectivity index (χ4v) is 3.42. The van der Waals surface area contributed by atoms with Crippen LogP contribution in [0.1, 0.15) is 34.8 Å². The van der Waals surface area contributed by atoms with E-state index in [1.165, 1.54) is 0 Å². The van der Waals surface area contributed by atoms with Crippen molar-refractivity contribution in [3.05, 3.63) is 35.5 Å². The number of benzene rings is 1. The monoisotopic (exact) mass is 383 g/mol. The average Bonchev–Trinajstić information content (AvgIpc) is 3.15. The molecule has 0 bridgehead atoms. The second-order valence-corrected chi connectivity index (χ2v) is 6.62. The number of primary amides is 1. The number of nitrogens with two attached hydrogens (primary N) is 1. The first kappa shape index (κ1) is 19.9. The average molecular weight is 383 g/mol. The molecule has 3 heterocycles. The highest BCUT2D eigenvalue weighted by molar-refractivity contribution is 6.61. The van der Waals surface area contributed by atoms with Crippen LogP contribution >= 0.6 is 0 Å². The van der Waals surface area contributed by atoms with Crippen molar-refractivity contribution >= 4 is 30.0 Å². The van der Waals surface area contributed by atoms with Crippen molar-refractivity contribution < 1.29 is 19.2 Å². The Morgan fingerprint density at radius 2 is 2.25 bits per heavy atom. The van der Waals surface area contributed by atoms with Gasteiger partial charge in [0.1, 0.15) is 5.56 Å². The second kappa shape index (κ2) is 8.88. The number of aromatic nitrogens is 2. The minimum Gasteiger partial charge on any atom is -0.423 e. The van der Waals surface area contributed by atoms with Crippen molar-refractivity contribution in [3.8, 4) is 6.57 Å². The molecule has 4 N–H and O–H groups in total. The number of nitrogens with one attached hydrogen (secondary N) is 1. The highest BCUT2D eigenvalue weighted by Gasteiger charge is 2.26. The molecule has 1 unspecified atom stereocenters. The molecule has 9 nitrogen and oxygen atoms in total. The zero-order valence-corrected chi connectivity index (χ0v) is 15.4. The van der Waals surface area contributed by atoms with Gasteiger partial charge in [-0.3, -0.25) is 9.48 Å². The molecule has 10 heteroatoms. The maximum Gasteiger partial charge on any atom is 0.491 e. The summed E-state index contributed by atoms with van der Waals surface area (Å²) in [5.74, 6) is -0.147. The van der Waals surface area contributed by atoms with E-state index in [-0.39, 0.29) is 6.04 Å². The van der Waals surface area contributed by atoms with Gasteiger partial charge in [-0.15, -0.1) is 0 Å². The minimum atomic E-state index is -0.937. The lowest BCUT2D eigenvalue weighted by Crippen LogP contribution is -2.41. The molecular weight excluding hydrogens is 361 g/mol. The number of nitrogens with zero attached hydrogens (tertiary/aromatic N) is 3. The van der Waals surface area contributed by atoms with Crippen LogP contribution in [0.5, 0.6) is 0 Å². The zero-order chi connectivity index (χ0) is 20.1. The fourth-order valence-electron chi connectivity index (χ4n) is 3.42. The van der Waals surface area contributed by atoms with Crippen molar-refractivity contribution in [1.82, 2.24) is 9.78 Å². The van der Waals surface area contributed by atoms with E-state index in [2.05, 4.69) is 17.0 Å². The van der Waals surface area contributed by atoms with Gasteiger partial charge < -0.3 is 25.5 Å². The first-order valence-electron chi connectivity index (χ1n) is 9.04.